The molecule has 1 N–H and O–H groups in total. The van der Waals surface area contributed by atoms with E-state index < -0.39 is 32.5 Å². The molecule has 0 aromatic heterocycles. The van der Waals surface area contributed by atoms with Crippen molar-refractivity contribution in [2.45, 2.75) is 48.4 Å². The van der Waals surface area contributed by atoms with Crippen LogP contribution >= 0.6 is 0 Å². The van der Waals surface area contributed by atoms with Gasteiger partial charge >= 0.3 is 6.61 Å². The summed E-state index contributed by atoms with van der Waals surface area (Å²) in [5.41, 5.74) is -0.856. The molecule has 1 aromatic rings. The molecule has 116 valence electrons. The quantitative estimate of drug-likeness (QED) is 0.928. The zero-order valence-electron chi connectivity index (χ0n) is 11.2. The summed E-state index contributed by atoms with van der Waals surface area (Å²) in [5.74, 6) is -0.0308. The standard InChI is InChI=1S/C14H16F2O4S/c15-13(16)20-10-3-1-2-9(6-10)14(17)7-11-4-5-12(8-14)21(11,18)19/h1-3,6,11-13,17H,4-5,7-8H2. The fourth-order valence-corrected chi connectivity index (χ4v) is 5.93. The van der Waals surface area contributed by atoms with Gasteiger partial charge in [0.25, 0.3) is 0 Å². The Kier molecular flexibility index (Phi) is 3.44. The van der Waals surface area contributed by atoms with Crippen LogP contribution in [-0.4, -0.2) is 30.6 Å². The van der Waals surface area contributed by atoms with Gasteiger partial charge in [0.2, 0.25) is 0 Å². The Morgan fingerprint density at radius 1 is 1.24 bits per heavy atom. The number of benzene rings is 1. The molecule has 2 saturated heterocycles. The van der Waals surface area contributed by atoms with Crippen LogP contribution in [0.15, 0.2) is 24.3 Å². The first-order valence-corrected chi connectivity index (χ1v) is 8.43. The Bertz CT molecular complexity index is 624. The van der Waals surface area contributed by atoms with Crippen molar-refractivity contribution in [1.82, 2.24) is 0 Å². The maximum Gasteiger partial charge on any atom is 0.387 e. The van der Waals surface area contributed by atoms with Gasteiger partial charge in [-0.2, -0.15) is 8.78 Å². The highest BCUT2D eigenvalue weighted by atomic mass is 32.2. The molecule has 2 bridgehead atoms. The maximum absolute atomic E-state index is 12.3. The van der Waals surface area contributed by atoms with E-state index in [2.05, 4.69) is 4.74 Å². The average molecular weight is 318 g/mol. The van der Waals surface area contributed by atoms with Gasteiger partial charge in [-0.05, 0) is 43.4 Å². The highest BCUT2D eigenvalue weighted by molar-refractivity contribution is 7.93. The van der Waals surface area contributed by atoms with E-state index in [4.69, 9.17) is 0 Å². The lowest BCUT2D eigenvalue weighted by Crippen LogP contribution is -2.43. The van der Waals surface area contributed by atoms with Crippen LogP contribution in [-0.2, 0) is 15.4 Å². The molecule has 2 atom stereocenters. The van der Waals surface area contributed by atoms with Crippen LogP contribution in [0, 0.1) is 0 Å². The molecule has 0 spiro atoms. The second-order valence-electron chi connectivity index (χ2n) is 5.76. The number of rotatable bonds is 3. The van der Waals surface area contributed by atoms with Gasteiger partial charge in [0, 0.05) is 0 Å². The van der Waals surface area contributed by atoms with Crippen LogP contribution in [0.4, 0.5) is 8.78 Å². The molecule has 2 heterocycles. The zero-order valence-corrected chi connectivity index (χ0v) is 12.0. The van der Waals surface area contributed by atoms with E-state index in [1.54, 1.807) is 6.07 Å². The molecule has 21 heavy (non-hydrogen) atoms. The van der Waals surface area contributed by atoms with E-state index in [0.29, 0.717) is 18.4 Å². The minimum atomic E-state index is -3.15. The molecule has 0 radical (unpaired) electrons. The van der Waals surface area contributed by atoms with Gasteiger partial charge in [-0.25, -0.2) is 8.42 Å². The molecule has 0 amide bonds. The predicted molar refractivity (Wildman–Crippen MR) is 71.9 cm³/mol. The summed E-state index contributed by atoms with van der Waals surface area (Å²) in [6.45, 7) is -2.93. The van der Waals surface area contributed by atoms with Crippen LogP contribution in [0.2, 0.25) is 0 Å². The average Bonchev–Trinajstić information content (AvgIpc) is 2.59. The van der Waals surface area contributed by atoms with E-state index >= 15 is 0 Å². The largest absolute Gasteiger partial charge is 0.435 e. The van der Waals surface area contributed by atoms with Gasteiger partial charge in [0.05, 0.1) is 16.1 Å². The number of hydrogen-bond donors (Lipinski definition) is 1. The molecule has 0 saturated carbocycles. The molecule has 1 aromatic carbocycles. The van der Waals surface area contributed by atoms with Gasteiger partial charge < -0.3 is 9.84 Å². The Morgan fingerprint density at radius 2 is 1.86 bits per heavy atom. The van der Waals surface area contributed by atoms with E-state index in [1.165, 1.54) is 18.2 Å². The van der Waals surface area contributed by atoms with Gasteiger partial charge in [0.1, 0.15) is 5.75 Å². The summed E-state index contributed by atoms with van der Waals surface area (Å²) >= 11 is 0. The smallest absolute Gasteiger partial charge is 0.387 e. The summed E-state index contributed by atoms with van der Waals surface area (Å²) < 4.78 is 53.0. The lowest BCUT2D eigenvalue weighted by molar-refractivity contribution is -0.0504. The molecule has 4 nitrogen and oxygen atoms in total. The fraction of sp³-hybridized carbons (Fsp3) is 0.571. The van der Waals surface area contributed by atoms with Crippen molar-refractivity contribution in [3.05, 3.63) is 29.8 Å². The number of sulfone groups is 1. The number of ether oxygens (including phenoxy) is 1. The van der Waals surface area contributed by atoms with Gasteiger partial charge in [-0.15, -0.1) is 0 Å². The molecular weight excluding hydrogens is 302 g/mol. The topological polar surface area (TPSA) is 63.6 Å². The highest BCUT2D eigenvalue weighted by Gasteiger charge is 2.53. The van der Waals surface area contributed by atoms with E-state index in [9.17, 15) is 22.3 Å². The molecule has 2 aliphatic rings. The molecule has 7 heteroatoms. The minimum Gasteiger partial charge on any atom is -0.435 e. The SMILES string of the molecule is O=S1(=O)C2CCC1CC(O)(c1cccc(OC(F)F)c1)C2. The van der Waals surface area contributed by atoms with Crippen LogP contribution < -0.4 is 4.74 Å². The van der Waals surface area contributed by atoms with Crippen LogP contribution in [0.1, 0.15) is 31.2 Å². The number of aliphatic hydroxyl groups is 1. The maximum atomic E-state index is 12.3. The first-order chi connectivity index (χ1) is 9.81. The van der Waals surface area contributed by atoms with Gasteiger partial charge in [-0.3, -0.25) is 0 Å². The Labute approximate surface area is 121 Å². The molecule has 3 rings (SSSR count). The lowest BCUT2D eigenvalue weighted by atomic mass is 9.86. The van der Waals surface area contributed by atoms with Crippen molar-refractivity contribution in [3.63, 3.8) is 0 Å². The fourth-order valence-electron chi connectivity index (χ4n) is 3.44. The normalized spacial score (nSPS) is 34.1. The third-order valence-corrected chi connectivity index (χ3v) is 7.13. The molecule has 2 unspecified atom stereocenters. The zero-order chi connectivity index (χ0) is 15.3. The summed E-state index contributed by atoms with van der Waals surface area (Å²) in [6, 6.07) is 5.89. The number of alkyl halides is 2. The Balaban J connectivity index is 1.90. The van der Waals surface area contributed by atoms with E-state index in [1.807, 2.05) is 0 Å². The number of hydrogen-bond acceptors (Lipinski definition) is 4. The Morgan fingerprint density at radius 3 is 2.43 bits per heavy atom. The third kappa shape index (κ3) is 2.53. The minimum absolute atomic E-state index is 0.0308. The van der Waals surface area contributed by atoms with Crippen LogP contribution in [0.5, 0.6) is 5.75 Å². The highest BCUT2D eigenvalue weighted by Crippen LogP contribution is 2.47. The summed E-state index contributed by atoms with van der Waals surface area (Å²) in [4.78, 5) is 0. The first-order valence-electron chi connectivity index (χ1n) is 6.82. The van der Waals surface area contributed by atoms with Crippen molar-refractivity contribution < 1.29 is 27.0 Å². The molecule has 0 aliphatic carbocycles. The summed E-state index contributed by atoms with van der Waals surface area (Å²) in [6.07, 6.45) is 1.35. The predicted octanol–water partition coefficient (Wildman–Crippen LogP) is 2.22. The molecule has 2 fully saturated rings. The van der Waals surface area contributed by atoms with Crippen LogP contribution in [0.3, 0.4) is 0 Å². The number of fused-ring (bicyclic) bond motifs is 2. The van der Waals surface area contributed by atoms with Crippen molar-refractivity contribution in [2.24, 2.45) is 0 Å². The van der Waals surface area contributed by atoms with Crippen molar-refractivity contribution in [3.8, 4) is 5.75 Å². The van der Waals surface area contributed by atoms with Gasteiger partial charge in [-0.1, -0.05) is 12.1 Å². The van der Waals surface area contributed by atoms with Crippen LogP contribution in [0.25, 0.3) is 0 Å². The lowest BCUT2D eigenvalue weighted by Gasteiger charge is -2.36. The van der Waals surface area contributed by atoms with E-state index in [0.717, 1.165) is 0 Å². The third-order valence-electron chi connectivity index (χ3n) is 4.47. The second-order valence-corrected chi connectivity index (χ2v) is 8.27. The molecular formula is C14H16F2O4S. The summed E-state index contributed by atoms with van der Waals surface area (Å²) in [7, 11) is -3.15. The van der Waals surface area contributed by atoms with E-state index in [-0.39, 0.29) is 18.6 Å². The van der Waals surface area contributed by atoms with Crippen molar-refractivity contribution in [2.75, 3.05) is 0 Å². The number of halogens is 2. The second kappa shape index (κ2) is 4.91. The Hall–Kier alpha value is -1.21. The summed E-state index contributed by atoms with van der Waals surface area (Å²) in [5, 5.41) is 9.73. The van der Waals surface area contributed by atoms with Crippen molar-refractivity contribution >= 4 is 9.84 Å². The monoisotopic (exact) mass is 318 g/mol. The first kappa shape index (κ1) is 14.7. The van der Waals surface area contributed by atoms with Crippen molar-refractivity contribution in [1.29, 1.82) is 0 Å². The molecule has 2 aliphatic heterocycles. The van der Waals surface area contributed by atoms with Gasteiger partial charge in [0.15, 0.2) is 9.84 Å².